The average Bonchev–Trinajstić information content (AvgIpc) is 2.86. The first-order chi connectivity index (χ1) is 6.15. The van der Waals surface area contributed by atoms with E-state index in [1.807, 2.05) is 14.0 Å². The molecule has 0 aromatic carbocycles. The quantitative estimate of drug-likeness (QED) is 0.604. The summed E-state index contributed by atoms with van der Waals surface area (Å²) in [6, 6.07) is 0.186. The normalized spacial score (nSPS) is 33.5. The van der Waals surface area contributed by atoms with E-state index in [1.165, 1.54) is 4.90 Å². The van der Waals surface area contributed by atoms with E-state index in [0.29, 0.717) is 6.54 Å². The molecule has 2 rings (SSSR count). The Labute approximate surface area is 77.3 Å². The van der Waals surface area contributed by atoms with E-state index in [-0.39, 0.29) is 29.7 Å². The van der Waals surface area contributed by atoms with Gasteiger partial charge in [-0.1, -0.05) is 0 Å². The topological polar surface area (TPSA) is 49.4 Å². The number of imide groups is 1. The third-order valence-electron chi connectivity index (χ3n) is 2.91. The maximum atomic E-state index is 11.5. The molecule has 0 spiro atoms. The molecule has 1 aliphatic heterocycles. The Bertz CT molecular complexity index is 244. The number of likely N-dealkylation sites (tertiary alicyclic amines) is 1. The second-order valence-corrected chi connectivity index (χ2v) is 3.93. The van der Waals surface area contributed by atoms with E-state index in [0.717, 1.165) is 6.42 Å². The first kappa shape index (κ1) is 8.69. The fourth-order valence-corrected chi connectivity index (χ4v) is 1.79. The van der Waals surface area contributed by atoms with Crippen LogP contribution in [0.3, 0.4) is 0 Å². The lowest BCUT2D eigenvalue weighted by Gasteiger charge is -2.20. The van der Waals surface area contributed by atoms with E-state index in [2.05, 4.69) is 5.32 Å². The van der Waals surface area contributed by atoms with Crippen molar-refractivity contribution < 1.29 is 9.59 Å². The second-order valence-electron chi connectivity index (χ2n) is 3.93. The van der Waals surface area contributed by atoms with Crippen LogP contribution in [0.1, 0.15) is 13.3 Å². The predicted molar refractivity (Wildman–Crippen MR) is 46.8 cm³/mol. The first-order valence-corrected chi connectivity index (χ1v) is 4.67. The number of hydrogen-bond donors (Lipinski definition) is 1. The number of hydrogen-bond acceptors (Lipinski definition) is 3. The molecule has 0 aromatic rings. The highest BCUT2D eigenvalue weighted by atomic mass is 16.2. The SMILES string of the molecule is CNC(C)CN1C(=O)C2CC2C1=O. The standard InChI is InChI=1S/C9H14N2O2/c1-5(10-2)4-11-8(12)6-3-7(6)9(11)13/h5-7,10H,3-4H2,1-2H3. The Morgan fingerprint density at radius 1 is 1.46 bits per heavy atom. The minimum absolute atomic E-state index is 0.0385. The van der Waals surface area contributed by atoms with E-state index in [4.69, 9.17) is 0 Å². The molecule has 4 nitrogen and oxygen atoms in total. The molecule has 1 saturated carbocycles. The zero-order chi connectivity index (χ0) is 9.59. The summed E-state index contributed by atoms with van der Waals surface area (Å²) in [6.45, 7) is 2.48. The number of nitrogens with one attached hydrogen (secondary N) is 1. The van der Waals surface area contributed by atoms with Crippen LogP contribution in [0.25, 0.3) is 0 Å². The largest absolute Gasteiger partial charge is 0.315 e. The lowest BCUT2D eigenvalue weighted by molar-refractivity contribution is -0.141. The lowest BCUT2D eigenvalue weighted by atomic mass is 10.3. The average molecular weight is 182 g/mol. The molecule has 13 heavy (non-hydrogen) atoms. The van der Waals surface area contributed by atoms with Crippen LogP contribution in [0.5, 0.6) is 0 Å². The molecule has 2 amide bonds. The number of amides is 2. The fourth-order valence-electron chi connectivity index (χ4n) is 1.79. The van der Waals surface area contributed by atoms with Crippen molar-refractivity contribution in [3.05, 3.63) is 0 Å². The molecule has 4 heteroatoms. The third kappa shape index (κ3) is 1.25. The van der Waals surface area contributed by atoms with Gasteiger partial charge >= 0.3 is 0 Å². The molecule has 1 N–H and O–H groups in total. The Balaban J connectivity index is 2.00. The van der Waals surface area contributed by atoms with Crippen LogP contribution in [0.2, 0.25) is 0 Å². The zero-order valence-corrected chi connectivity index (χ0v) is 7.91. The maximum absolute atomic E-state index is 11.5. The molecule has 0 aromatic heterocycles. The van der Waals surface area contributed by atoms with Crippen molar-refractivity contribution >= 4 is 11.8 Å². The summed E-state index contributed by atoms with van der Waals surface area (Å²) >= 11 is 0. The van der Waals surface area contributed by atoms with Crippen LogP contribution in [0, 0.1) is 11.8 Å². The molecule has 2 aliphatic rings. The van der Waals surface area contributed by atoms with Gasteiger partial charge in [0.05, 0.1) is 11.8 Å². The molecule has 0 bridgehead atoms. The summed E-state index contributed by atoms with van der Waals surface area (Å²) in [5.74, 6) is 0.155. The molecular formula is C9H14N2O2. The highest BCUT2D eigenvalue weighted by Gasteiger charge is 2.58. The zero-order valence-electron chi connectivity index (χ0n) is 7.91. The third-order valence-corrected chi connectivity index (χ3v) is 2.91. The maximum Gasteiger partial charge on any atom is 0.233 e. The number of fused-ring (bicyclic) bond motifs is 1. The molecule has 3 unspecified atom stereocenters. The van der Waals surface area contributed by atoms with Gasteiger partial charge in [0.2, 0.25) is 11.8 Å². The smallest absolute Gasteiger partial charge is 0.233 e. The number of nitrogens with zero attached hydrogens (tertiary/aromatic N) is 1. The number of carbonyl (C=O) groups excluding carboxylic acids is 2. The highest BCUT2D eigenvalue weighted by Crippen LogP contribution is 2.46. The van der Waals surface area contributed by atoms with Crippen molar-refractivity contribution in [2.45, 2.75) is 19.4 Å². The highest BCUT2D eigenvalue weighted by molar-refractivity contribution is 6.08. The molecule has 2 fully saturated rings. The van der Waals surface area contributed by atoms with Crippen LogP contribution < -0.4 is 5.32 Å². The summed E-state index contributed by atoms with van der Waals surface area (Å²) in [5.41, 5.74) is 0. The summed E-state index contributed by atoms with van der Waals surface area (Å²) in [7, 11) is 1.83. The summed E-state index contributed by atoms with van der Waals surface area (Å²) in [6.07, 6.45) is 0.794. The first-order valence-electron chi connectivity index (χ1n) is 4.67. The van der Waals surface area contributed by atoms with Gasteiger partial charge in [-0.3, -0.25) is 14.5 Å². The van der Waals surface area contributed by atoms with Crippen LogP contribution in [-0.4, -0.2) is 36.3 Å². The molecule has 0 radical (unpaired) electrons. The molecule has 1 saturated heterocycles. The summed E-state index contributed by atoms with van der Waals surface area (Å²) < 4.78 is 0. The monoisotopic (exact) mass is 182 g/mol. The van der Waals surface area contributed by atoms with Crippen LogP contribution in [0.4, 0.5) is 0 Å². The van der Waals surface area contributed by atoms with Gasteiger partial charge in [-0.15, -0.1) is 0 Å². The fraction of sp³-hybridized carbons (Fsp3) is 0.778. The van der Waals surface area contributed by atoms with Crippen molar-refractivity contribution in [3.63, 3.8) is 0 Å². The minimum Gasteiger partial charge on any atom is -0.315 e. The number of carbonyl (C=O) groups is 2. The summed E-state index contributed by atoms with van der Waals surface area (Å²) in [5, 5.41) is 3.02. The van der Waals surface area contributed by atoms with Gasteiger partial charge in [0.15, 0.2) is 0 Å². The van der Waals surface area contributed by atoms with E-state index in [9.17, 15) is 9.59 Å². The van der Waals surface area contributed by atoms with Crippen molar-refractivity contribution in [2.75, 3.05) is 13.6 Å². The molecular weight excluding hydrogens is 168 g/mol. The Morgan fingerprint density at radius 2 is 2.00 bits per heavy atom. The molecule has 1 aliphatic carbocycles. The predicted octanol–water partition coefficient (Wildman–Crippen LogP) is -0.401. The Hall–Kier alpha value is -0.900. The van der Waals surface area contributed by atoms with Gasteiger partial charge in [-0.25, -0.2) is 0 Å². The number of rotatable bonds is 3. The van der Waals surface area contributed by atoms with Gasteiger partial charge < -0.3 is 5.32 Å². The van der Waals surface area contributed by atoms with E-state index < -0.39 is 0 Å². The van der Waals surface area contributed by atoms with Gasteiger partial charge in [-0.2, -0.15) is 0 Å². The molecule has 1 heterocycles. The second kappa shape index (κ2) is 2.80. The number of likely N-dealkylation sites (N-methyl/N-ethyl adjacent to an activating group) is 1. The van der Waals surface area contributed by atoms with Crippen LogP contribution in [-0.2, 0) is 9.59 Å². The van der Waals surface area contributed by atoms with Gasteiger partial charge in [0, 0.05) is 12.6 Å². The number of piperidine rings is 1. The van der Waals surface area contributed by atoms with Gasteiger partial charge in [0.1, 0.15) is 0 Å². The minimum atomic E-state index is 0.0385. The lowest BCUT2D eigenvalue weighted by Crippen LogP contribution is -2.42. The Kier molecular flexibility index (Phi) is 1.87. The van der Waals surface area contributed by atoms with Crippen LogP contribution in [0.15, 0.2) is 0 Å². The molecule has 72 valence electrons. The van der Waals surface area contributed by atoms with Gasteiger partial charge in [-0.05, 0) is 20.4 Å². The van der Waals surface area contributed by atoms with E-state index in [1.54, 1.807) is 0 Å². The van der Waals surface area contributed by atoms with Crippen molar-refractivity contribution in [1.29, 1.82) is 0 Å². The van der Waals surface area contributed by atoms with Crippen molar-refractivity contribution in [2.24, 2.45) is 11.8 Å². The van der Waals surface area contributed by atoms with Crippen molar-refractivity contribution in [1.82, 2.24) is 10.2 Å². The molecule has 3 atom stereocenters. The Morgan fingerprint density at radius 3 is 2.46 bits per heavy atom. The van der Waals surface area contributed by atoms with Crippen molar-refractivity contribution in [3.8, 4) is 0 Å². The van der Waals surface area contributed by atoms with Crippen LogP contribution >= 0.6 is 0 Å². The van der Waals surface area contributed by atoms with Gasteiger partial charge in [0.25, 0.3) is 0 Å². The van der Waals surface area contributed by atoms with E-state index >= 15 is 0 Å². The summed E-state index contributed by atoms with van der Waals surface area (Å²) in [4.78, 5) is 24.4.